The van der Waals surface area contributed by atoms with Gasteiger partial charge in [-0.2, -0.15) is 0 Å². The first kappa shape index (κ1) is 15.4. The quantitative estimate of drug-likeness (QED) is 0.744. The molecule has 126 valence electrons. The molecule has 0 unspecified atom stereocenters. The minimum atomic E-state index is -0.140. The second-order valence-corrected chi connectivity index (χ2v) is 6.37. The minimum absolute atomic E-state index is 0.0690. The van der Waals surface area contributed by atoms with Crippen molar-refractivity contribution in [2.24, 2.45) is 7.05 Å². The Morgan fingerprint density at radius 3 is 2.48 bits per heavy atom. The average molecular weight is 333 g/mol. The number of carbonyl (C=O) groups excluding carboxylic acids is 1. The second-order valence-electron chi connectivity index (χ2n) is 6.37. The van der Waals surface area contributed by atoms with Crippen LogP contribution in [0.5, 0.6) is 0 Å². The highest BCUT2D eigenvalue weighted by Crippen LogP contribution is 2.23. The van der Waals surface area contributed by atoms with E-state index in [4.69, 9.17) is 0 Å². The molecule has 4 rings (SSSR count). The number of nitrogens with one attached hydrogen (secondary N) is 1. The molecule has 0 bridgehead atoms. The van der Waals surface area contributed by atoms with Crippen LogP contribution >= 0.6 is 0 Å². The van der Waals surface area contributed by atoms with Crippen LogP contribution in [-0.4, -0.2) is 22.0 Å². The number of nitrogens with zero attached hydrogens (tertiary/aromatic N) is 2. The predicted molar refractivity (Wildman–Crippen MR) is 98.8 cm³/mol. The van der Waals surface area contributed by atoms with Gasteiger partial charge in [0.1, 0.15) is 0 Å². The number of amides is 2. The van der Waals surface area contributed by atoms with Crippen molar-refractivity contribution in [3.8, 4) is 0 Å². The van der Waals surface area contributed by atoms with E-state index in [2.05, 4.69) is 17.4 Å². The number of pyridine rings is 1. The third kappa shape index (κ3) is 2.78. The van der Waals surface area contributed by atoms with Crippen molar-refractivity contribution in [3.63, 3.8) is 0 Å². The molecule has 0 spiro atoms. The molecule has 2 amide bonds. The summed E-state index contributed by atoms with van der Waals surface area (Å²) in [6, 6.07) is 15.4. The number of fused-ring (bicyclic) bond motifs is 2. The lowest BCUT2D eigenvalue weighted by molar-refractivity contribution is 0.206. The van der Waals surface area contributed by atoms with Gasteiger partial charge in [-0.3, -0.25) is 4.79 Å². The van der Waals surface area contributed by atoms with Crippen LogP contribution in [0.15, 0.2) is 59.5 Å². The molecule has 2 heterocycles. The summed E-state index contributed by atoms with van der Waals surface area (Å²) in [5, 5.41) is 4.34. The summed E-state index contributed by atoms with van der Waals surface area (Å²) in [5.74, 6) is 0. The Hall–Kier alpha value is -3.08. The van der Waals surface area contributed by atoms with E-state index < -0.39 is 0 Å². The lowest BCUT2D eigenvalue weighted by atomic mass is 10.0. The molecular formula is C20H19N3O2. The van der Waals surface area contributed by atoms with E-state index in [1.54, 1.807) is 19.3 Å². The van der Waals surface area contributed by atoms with Crippen molar-refractivity contribution >= 4 is 22.5 Å². The smallest absolute Gasteiger partial charge is 0.320 e. The number of carbonyl (C=O) groups is 1. The van der Waals surface area contributed by atoms with Crippen LogP contribution < -0.4 is 10.9 Å². The van der Waals surface area contributed by atoms with Crippen molar-refractivity contribution < 1.29 is 4.79 Å². The van der Waals surface area contributed by atoms with E-state index in [0.717, 1.165) is 11.8 Å². The van der Waals surface area contributed by atoms with Crippen LogP contribution in [0.1, 0.15) is 11.1 Å². The molecule has 0 radical (unpaired) electrons. The molecule has 5 heteroatoms. The molecule has 3 aromatic rings. The number of aryl methyl sites for hydroxylation is 1. The van der Waals surface area contributed by atoms with Gasteiger partial charge in [-0.05, 0) is 23.6 Å². The maximum absolute atomic E-state index is 12.7. The fraction of sp³-hybridized carbons (Fsp3) is 0.200. The van der Waals surface area contributed by atoms with Crippen molar-refractivity contribution in [2.75, 3.05) is 11.9 Å². The number of aromatic nitrogens is 1. The van der Waals surface area contributed by atoms with Gasteiger partial charge in [0, 0.05) is 37.1 Å². The predicted octanol–water partition coefficient (Wildman–Crippen LogP) is 3.13. The molecule has 1 aliphatic heterocycles. The van der Waals surface area contributed by atoms with Crippen molar-refractivity contribution in [2.45, 2.75) is 13.0 Å². The zero-order chi connectivity index (χ0) is 17.4. The summed E-state index contributed by atoms with van der Waals surface area (Å²) in [6.07, 6.45) is 2.54. The number of hydrogen-bond donors (Lipinski definition) is 1. The SMILES string of the molecule is Cn1cc(NC(=O)N2CCc3ccccc3C2)c2ccccc2c1=O. The Morgan fingerprint density at radius 1 is 1.00 bits per heavy atom. The standard InChI is InChI=1S/C20H19N3O2/c1-22-13-18(16-8-4-5-9-17(16)19(22)24)21-20(25)23-11-10-14-6-2-3-7-15(14)12-23/h2-9,13H,10-12H2,1H3,(H,21,25). The maximum Gasteiger partial charge on any atom is 0.322 e. The van der Waals surface area contributed by atoms with E-state index in [1.165, 1.54) is 15.7 Å². The highest BCUT2D eigenvalue weighted by atomic mass is 16.2. The molecule has 5 nitrogen and oxygen atoms in total. The molecular weight excluding hydrogens is 314 g/mol. The Kier molecular flexibility index (Phi) is 3.76. The van der Waals surface area contributed by atoms with Gasteiger partial charge in [-0.25, -0.2) is 4.79 Å². The van der Waals surface area contributed by atoms with Crippen molar-refractivity contribution in [1.82, 2.24) is 9.47 Å². The van der Waals surface area contributed by atoms with Crippen LogP contribution in [0.4, 0.5) is 10.5 Å². The Balaban J connectivity index is 1.63. The van der Waals surface area contributed by atoms with Crippen LogP contribution in [0.2, 0.25) is 0 Å². The van der Waals surface area contributed by atoms with E-state index >= 15 is 0 Å². The molecule has 1 aliphatic rings. The van der Waals surface area contributed by atoms with Crippen LogP contribution in [0.3, 0.4) is 0 Å². The topological polar surface area (TPSA) is 54.3 Å². The molecule has 0 fully saturated rings. The highest BCUT2D eigenvalue weighted by molar-refractivity contribution is 6.01. The summed E-state index contributed by atoms with van der Waals surface area (Å²) in [6.45, 7) is 1.29. The summed E-state index contributed by atoms with van der Waals surface area (Å²) in [4.78, 5) is 26.8. The normalized spacial score (nSPS) is 13.6. The van der Waals surface area contributed by atoms with E-state index in [-0.39, 0.29) is 11.6 Å². The van der Waals surface area contributed by atoms with Gasteiger partial charge in [0.05, 0.1) is 5.69 Å². The molecule has 2 aromatic carbocycles. The lowest BCUT2D eigenvalue weighted by Gasteiger charge is -2.29. The third-order valence-electron chi connectivity index (χ3n) is 4.75. The lowest BCUT2D eigenvalue weighted by Crippen LogP contribution is -2.39. The monoisotopic (exact) mass is 333 g/mol. The van der Waals surface area contributed by atoms with Crippen molar-refractivity contribution in [3.05, 3.63) is 76.2 Å². The van der Waals surface area contributed by atoms with Gasteiger partial charge >= 0.3 is 6.03 Å². The first-order valence-electron chi connectivity index (χ1n) is 8.34. The van der Waals surface area contributed by atoms with E-state index in [1.807, 2.05) is 35.2 Å². The van der Waals surface area contributed by atoms with Gasteiger partial charge in [0.15, 0.2) is 0 Å². The van der Waals surface area contributed by atoms with Gasteiger partial charge in [0.2, 0.25) is 0 Å². The van der Waals surface area contributed by atoms with Crippen molar-refractivity contribution in [1.29, 1.82) is 0 Å². The molecule has 0 atom stereocenters. The van der Waals surface area contributed by atoms with Gasteiger partial charge in [0.25, 0.3) is 5.56 Å². The fourth-order valence-corrected chi connectivity index (χ4v) is 3.38. The molecule has 0 saturated heterocycles. The van der Waals surface area contributed by atoms with Crippen LogP contribution in [0.25, 0.3) is 10.8 Å². The Morgan fingerprint density at radius 2 is 1.68 bits per heavy atom. The van der Waals surface area contributed by atoms with Crippen LogP contribution in [-0.2, 0) is 20.0 Å². The fourth-order valence-electron chi connectivity index (χ4n) is 3.38. The molecule has 0 saturated carbocycles. The number of benzene rings is 2. The molecule has 1 aromatic heterocycles. The maximum atomic E-state index is 12.7. The number of urea groups is 1. The van der Waals surface area contributed by atoms with Gasteiger partial charge < -0.3 is 14.8 Å². The summed E-state index contributed by atoms with van der Waals surface area (Å²) in [5.41, 5.74) is 3.08. The summed E-state index contributed by atoms with van der Waals surface area (Å²) in [7, 11) is 1.70. The molecule has 25 heavy (non-hydrogen) atoms. The Labute approximate surface area is 145 Å². The highest BCUT2D eigenvalue weighted by Gasteiger charge is 2.21. The van der Waals surface area contributed by atoms with E-state index in [0.29, 0.717) is 24.2 Å². The van der Waals surface area contributed by atoms with Gasteiger partial charge in [-0.1, -0.05) is 42.5 Å². The zero-order valence-electron chi connectivity index (χ0n) is 14.0. The minimum Gasteiger partial charge on any atom is -0.320 e. The number of rotatable bonds is 1. The first-order valence-corrected chi connectivity index (χ1v) is 8.34. The summed E-state index contributed by atoms with van der Waals surface area (Å²) >= 11 is 0. The average Bonchev–Trinajstić information content (AvgIpc) is 2.65. The third-order valence-corrected chi connectivity index (χ3v) is 4.75. The number of hydrogen-bond acceptors (Lipinski definition) is 2. The zero-order valence-corrected chi connectivity index (χ0v) is 14.0. The number of anilines is 1. The van der Waals surface area contributed by atoms with Crippen LogP contribution in [0, 0.1) is 0 Å². The van der Waals surface area contributed by atoms with E-state index in [9.17, 15) is 9.59 Å². The Bertz CT molecular complexity index is 1020. The first-order chi connectivity index (χ1) is 12.1. The largest absolute Gasteiger partial charge is 0.322 e. The molecule has 1 N–H and O–H groups in total. The molecule has 0 aliphatic carbocycles. The van der Waals surface area contributed by atoms with Gasteiger partial charge in [-0.15, -0.1) is 0 Å². The summed E-state index contributed by atoms with van der Waals surface area (Å²) < 4.78 is 1.50. The second kappa shape index (κ2) is 6.09.